The van der Waals surface area contributed by atoms with E-state index in [-0.39, 0.29) is 16.4 Å². The van der Waals surface area contributed by atoms with Gasteiger partial charge in [-0.1, -0.05) is 17.7 Å². The summed E-state index contributed by atoms with van der Waals surface area (Å²) in [5.41, 5.74) is 0.943. The van der Waals surface area contributed by atoms with Gasteiger partial charge in [0.1, 0.15) is 11.8 Å². The maximum atomic E-state index is 12.5. The number of rotatable bonds is 6. The van der Waals surface area contributed by atoms with Gasteiger partial charge in [-0.2, -0.15) is 15.5 Å². The van der Waals surface area contributed by atoms with Crippen molar-refractivity contribution in [3.05, 3.63) is 58.5 Å². The van der Waals surface area contributed by atoms with Crippen LogP contribution in [0.1, 0.15) is 48.5 Å². The van der Waals surface area contributed by atoms with Crippen LogP contribution in [0.2, 0.25) is 5.02 Å². The average Bonchev–Trinajstić information content (AvgIpc) is 3.42. The van der Waals surface area contributed by atoms with Crippen LogP contribution < -0.4 is 5.32 Å². The summed E-state index contributed by atoms with van der Waals surface area (Å²) in [7, 11) is 0. The van der Waals surface area contributed by atoms with E-state index in [1.807, 2.05) is 6.07 Å². The van der Waals surface area contributed by atoms with Crippen molar-refractivity contribution >= 4 is 17.5 Å². The molecule has 8 nitrogen and oxygen atoms in total. The molecule has 0 aliphatic rings. The molecule has 0 saturated heterocycles. The van der Waals surface area contributed by atoms with Gasteiger partial charge in [-0.05, 0) is 38.0 Å². The van der Waals surface area contributed by atoms with Gasteiger partial charge in [-0.15, -0.1) is 0 Å². The second-order valence-electron chi connectivity index (χ2n) is 5.89. The lowest BCUT2D eigenvalue weighted by molar-refractivity contribution is 0.0931. The first-order chi connectivity index (χ1) is 15.3. The van der Waals surface area contributed by atoms with Gasteiger partial charge in [0.2, 0.25) is 0 Å². The molecule has 0 bridgehead atoms. The molecule has 1 unspecified atom stereocenters. The second-order valence-corrected chi connectivity index (χ2v) is 6.29. The lowest BCUT2D eigenvalue weighted by atomic mass is 10.1. The molecule has 1 aromatic carbocycles. The summed E-state index contributed by atoms with van der Waals surface area (Å²) in [5, 5.41) is 31.7. The lowest BCUT2D eigenvalue weighted by Crippen LogP contribution is -2.36. The standard InChI is InChI=1S/C19H19ClN6O2/c1-11(22-19(28)18-8-17(12(2)27)23-24-18)10-26-6-5-16(25-26)13-3-4-14(9-21)15(20)7-13/h3-8,11-12,27H,10H2,1-2H3,(H,22,28)(H,23,24)/t11-,12?/m0/s1/i2D3,10D2. The van der Waals surface area contributed by atoms with Crippen LogP contribution in [0, 0.1) is 11.3 Å². The monoisotopic (exact) mass is 403 g/mol. The first kappa shape index (κ1) is 13.9. The SMILES string of the molecule is [2H]C([2H])([2H])C(O)c1cc(C(=O)N[C@@H](C)C([2H])([2H])n2ccc(-c3ccc(C#N)c(Cl)c3)n2)n[nH]1. The maximum absolute atomic E-state index is 12.5. The van der Waals surface area contributed by atoms with Crippen molar-refractivity contribution in [2.45, 2.75) is 32.4 Å². The van der Waals surface area contributed by atoms with Crippen molar-refractivity contribution in [1.82, 2.24) is 25.3 Å². The van der Waals surface area contributed by atoms with Crippen LogP contribution in [0.4, 0.5) is 0 Å². The van der Waals surface area contributed by atoms with Gasteiger partial charge in [0, 0.05) is 21.9 Å². The number of amides is 1. The summed E-state index contributed by atoms with van der Waals surface area (Å²) < 4.78 is 39.6. The number of H-pyrrole nitrogens is 1. The molecule has 0 fully saturated rings. The Hall–Kier alpha value is -3.15. The third kappa shape index (κ3) is 4.39. The third-order valence-electron chi connectivity index (χ3n) is 3.77. The number of hydrogen-bond donors (Lipinski definition) is 3. The van der Waals surface area contributed by atoms with Gasteiger partial charge < -0.3 is 10.4 Å². The molecule has 3 rings (SSSR count). The molecule has 0 aliphatic carbocycles. The third-order valence-corrected chi connectivity index (χ3v) is 4.09. The fourth-order valence-electron chi connectivity index (χ4n) is 2.41. The number of aliphatic hydroxyl groups is 1. The van der Waals surface area contributed by atoms with E-state index in [4.69, 9.17) is 23.7 Å². The number of nitrogens with one attached hydrogen (secondary N) is 2. The van der Waals surface area contributed by atoms with Crippen LogP contribution >= 0.6 is 11.6 Å². The Morgan fingerprint density at radius 2 is 2.36 bits per heavy atom. The van der Waals surface area contributed by atoms with E-state index in [0.717, 1.165) is 10.7 Å². The van der Waals surface area contributed by atoms with Crippen LogP contribution in [0.15, 0.2) is 36.5 Å². The number of aromatic nitrogens is 4. The number of aliphatic hydroxyl groups excluding tert-OH is 1. The predicted molar refractivity (Wildman–Crippen MR) is 104 cm³/mol. The van der Waals surface area contributed by atoms with Crippen molar-refractivity contribution in [1.29, 1.82) is 5.26 Å². The zero-order valence-corrected chi connectivity index (χ0v) is 15.4. The molecule has 9 heteroatoms. The minimum atomic E-state index is -2.69. The molecule has 144 valence electrons. The molecule has 0 radical (unpaired) electrons. The Kier molecular flexibility index (Phi) is 4.11. The van der Waals surface area contributed by atoms with E-state index in [0.29, 0.717) is 16.8 Å². The maximum Gasteiger partial charge on any atom is 0.272 e. The van der Waals surface area contributed by atoms with Gasteiger partial charge in [0.15, 0.2) is 0 Å². The molecular weight excluding hydrogens is 380 g/mol. The number of halogens is 1. The lowest BCUT2D eigenvalue weighted by Gasteiger charge is -2.13. The number of benzene rings is 1. The minimum Gasteiger partial charge on any atom is -0.387 e. The van der Waals surface area contributed by atoms with Crippen LogP contribution in [0.5, 0.6) is 0 Å². The van der Waals surface area contributed by atoms with E-state index in [2.05, 4.69) is 20.6 Å². The van der Waals surface area contributed by atoms with Gasteiger partial charge in [0.05, 0.1) is 37.3 Å². The number of nitriles is 1. The molecular formula is C19H19ClN6O2. The van der Waals surface area contributed by atoms with Crippen LogP contribution in [0.3, 0.4) is 0 Å². The number of carbonyl (C=O) groups is 1. The Balaban J connectivity index is 1.75. The Bertz CT molecular complexity index is 1220. The van der Waals surface area contributed by atoms with Crippen molar-refractivity contribution < 1.29 is 16.8 Å². The molecule has 28 heavy (non-hydrogen) atoms. The van der Waals surface area contributed by atoms with E-state index in [1.165, 1.54) is 19.2 Å². The largest absolute Gasteiger partial charge is 0.387 e. The first-order valence-electron chi connectivity index (χ1n) is 10.6. The molecule has 3 aromatic rings. The van der Waals surface area contributed by atoms with Crippen LogP contribution in [-0.4, -0.2) is 37.0 Å². The van der Waals surface area contributed by atoms with E-state index in [1.54, 1.807) is 18.2 Å². The molecule has 2 atom stereocenters. The Labute approximate surface area is 173 Å². The molecule has 2 aromatic heterocycles. The minimum absolute atomic E-state index is 0.159. The van der Waals surface area contributed by atoms with Crippen molar-refractivity contribution in [2.24, 2.45) is 0 Å². The van der Waals surface area contributed by atoms with Crippen molar-refractivity contribution in [3.63, 3.8) is 0 Å². The molecule has 3 N–H and O–H groups in total. The second kappa shape index (κ2) is 8.25. The Morgan fingerprint density at radius 1 is 1.54 bits per heavy atom. The number of hydrogen-bond acceptors (Lipinski definition) is 5. The summed E-state index contributed by atoms with van der Waals surface area (Å²) in [4.78, 5) is 12.5. The molecule has 2 heterocycles. The summed E-state index contributed by atoms with van der Waals surface area (Å²) in [6, 6.07) is 8.28. The van der Waals surface area contributed by atoms with Crippen molar-refractivity contribution in [2.75, 3.05) is 0 Å². The summed E-state index contributed by atoms with van der Waals surface area (Å²) in [5.74, 6) is -0.766. The molecule has 0 saturated carbocycles. The highest BCUT2D eigenvalue weighted by Gasteiger charge is 2.16. The smallest absolute Gasteiger partial charge is 0.272 e. The van der Waals surface area contributed by atoms with Crippen molar-refractivity contribution in [3.8, 4) is 17.3 Å². The average molecular weight is 404 g/mol. The molecule has 0 aliphatic heterocycles. The Morgan fingerprint density at radius 3 is 3.07 bits per heavy atom. The topological polar surface area (TPSA) is 120 Å². The van der Waals surface area contributed by atoms with Crippen LogP contribution in [0.25, 0.3) is 11.3 Å². The number of aromatic amines is 1. The zero-order valence-electron chi connectivity index (χ0n) is 19.6. The van der Waals surface area contributed by atoms with E-state index in [9.17, 15) is 9.90 Å². The highest BCUT2D eigenvalue weighted by Crippen LogP contribution is 2.24. The number of nitrogens with zero attached hydrogens (tertiary/aromatic N) is 4. The van der Waals surface area contributed by atoms with E-state index < -0.39 is 31.4 Å². The van der Waals surface area contributed by atoms with Gasteiger partial charge in [0.25, 0.3) is 5.91 Å². The molecule has 1 amide bonds. The normalized spacial score (nSPS) is 16.6. The highest BCUT2D eigenvalue weighted by molar-refractivity contribution is 6.32. The fraction of sp³-hybridized carbons (Fsp3) is 0.263. The highest BCUT2D eigenvalue weighted by atomic mass is 35.5. The summed E-state index contributed by atoms with van der Waals surface area (Å²) in [6.45, 7) is -3.41. The van der Waals surface area contributed by atoms with Gasteiger partial charge in [-0.3, -0.25) is 14.6 Å². The number of carbonyl (C=O) groups excluding carboxylic acids is 1. The van der Waals surface area contributed by atoms with Gasteiger partial charge in [-0.25, -0.2) is 0 Å². The first-order valence-corrected chi connectivity index (χ1v) is 8.52. The van der Waals surface area contributed by atoms with Gasteiger partial charge >= 0.3 is 0 Å². The summed E-state index contributed by atoms with van der Waals surface area (Å²) >= 11 is 6.05. The molecule has 0 spiro atoms. The predicted octanol–water partition coefficient (Wildman–Crippen LogP) is 2.67. The quantitative estimate of drug-likeness (QED) is 0.584. The van der Waals surface area contributed by atoms with Crippen LogP contribution in [-0.2, 0) is 6.50 Å². The fourth-order valence-corrected chi connectivity index (χ4v) is 2.63. The zero-order chi connectivity index (χ0) is 24.6. The summed E-state index contributed by atoms with van der Waals surface area (Å²) in [6.07, 6.45) is -0.433. The van der Waals surface area contributed by atoms with E-state index >= 15 is 0 Å².